The normalized spacial score (nSPS) is 12.4. The van der Waals surface area contributed by atoms with Crippen molar-refractivity contribution in [1.82, 2.24) is 20.2 Å². The van der Waals surface area contributed by atoms with E-state index in [1.165, 1.54) is 11.8 Å². The van der Waals surface area contributed by atoms with E-state index in [4.69, 9.17) is 0 Å². The molecule has 1 atom stereocenters. The number of thioether (sulfide) groups is 1. The minimum absolute atomic E-state index is 0.0576. The number of aryl methyl sites for hydroxylation is 2. The molecule has 2 N–H and O–H groups in total. The number of aromatic amines is 1. The summed E-state index contributed by atoms with van der Waals surface area (Å²) in [6, 6.07) is 13.9. The third-order valence-electron chi connectivity index (χ3n) is 4.50. The lowest BCUT2D eigenvalue weighted by Crippen LogP contribution is -2.25. The Morgan fingerprint density at radius 2 is 1.89 bits per heavy atom. The Labute approximate surface area is 167 Å². The largest absolute Gasteiger partial charge is 0.338 e. The summed E-state index contributed by atoms with van der Waals surface area (Å²) < 4.78 is 0. The molecule has 0 saturated carbocycles. The summed E-state index contributed by atoms with van der Waals surface area (Å²) in [5.74, 6) is -0.0576. The molecule has 4 aromatic rings. The van der Waals surface area contributed by atoms with Gasteiger partial charge >= 0.3 is 0 Å². The molecule has 142 valence electrons. The molecule has 2 aromatic heterocycles. The number of nitrogens with one attached hydrogen (secondary N) is 2. The molecular weight excluding hydrogens is 370 g/mol. The van der Waals surface area contributed by atoms with Crippen molar-refractivity contribution in [2.75, 3.05) is 5.32 Å². The second-order valence-electron chi connectivity index (χ2n) is 6.84. The van der Waals surface area contributed by atoms with Crippen LogP contribution in [0.4, 0.5) is 5.69 Å². The molecule has 4 rings (SSSR count). The fourth-order valence-corrected chi connectivity index (χ4v) is 4.09. The number of anilines is 1. The second-order valence-corrected chi connectivity index (χ2v) is 8.01. The monoisotopic (exact) mass is 391 g/mol. The summed E-state index contributed by atoms with van der Waals surface area (Å²) in [5, 5.41) is 12.8. The highest BCUT2D eigenvalue weighted by Gasteiger charge is 2.21. The Morgan fingerprint density at radius 1 is 1.14 bits per heavy atom. The first-order chi connectivity index (χ1) is 13.5. The SMILES string of the molecule is CCC(Sc1nnc2c(n1)[nH]c1ccccc12)C(=O)Nc1cc(C)cc(C)c1. The molecule has 0 bridgehead atoms. The van der Waals surface area contributed by atoms with Crippen molar-refractivity contribution < 1.29 is 4.79 Å². The van der Waals surface area contributed by atoms with E-state index in [2.05, 4.69) is 31.5 Å². The topological polar surface area (TPSA) is 83.6 Å². The van der Waals surface area contributed by atoms with Crippen molar-refractivity contribution in [2.24, 2.45) is 0 Å². The third-order valence-corrected chi connectivity index (χ3v) is 5.72. The zero-order valence-corrected chi connectivity index (χ0v) is 16.8. The Morgan fingerprint density at radius 3 is 2.64 bits per heavy atom. The number of nitrogens with zero attached hydrogens (tertiary/aromatic N) is 3. The lowest BCUT2D eigenvalue weighted by atomic mass is 10.1. The average Bonchev–Trinajstić information content (AvgIpc) is 3.02. The maximum absolute atomic E-state index is 12.8. The first kappa shape index (κ1) is 18.4. The summed E-state index contributed by atoms with van der Waals surface area (Å²) in [6.45, 7) is 6.02. The summed E-state index contributed by atoms with van der Waals surface area (Å²) in [4.78, 5) is 20.6. The Bertz CT molecular complexity index is 1150. The highest BCUT2D eigenvalue weighted by atomic mass is 32.2. The molecule has 7 heteroatoms. The number of H-pyrrole nitrogens is 1. The van der Waals surface area contributed by atoms with Crippen LogP contribution in [0.3, 0.4) is 0 Å². The number of carbonyl (C=O) groups excluding carboxylic acids is 1. The molecule has 0 aliphatic heterocycles. The molecule has 0 aliphatic carbocycles. The van der Waals surface area contributed by atoms with E-state index in [1.807, 2.05) is 57.2 Å². The summed E-state index contributed by atoms with van der Waals surface area (Å²) in [6.07, 6.45) is 0.662. The Kier molecular flexibility index (Phi) is 5.00. The number of aromatic nitrogens is 4. The van der Waals surface area contributed by atoms with Crippen LogP contribution in [0.25, 0.3) is 22.1 Å². The highest BCUT2D eigenvalue weighted by molar-refractivity contribution is 8.00. The van der Waals surface area contributed by atoms with Crippen LogP contribution in [0.15, 0.2) is 47.6 Å². The van der Waals surface area contributed by atoms with E-state index in [0.717, 1.165) is 33.2 Å². The van der Waals surface area contributed by atoms with Gasteiger partial charge in [-0.05, 0) is 49.6 Å². The van der Waals surface area contributed by atoms with E-state index in [1.54, 1.807) is 0 Å². The van der Waals surface area contributed by atoms with Crippen molar-refractivity contribution in [3.05, 3.63) is 53.6 Å². The van der Waals surface area contributed by atoms with Crippen LogP contribution >= 0.6 is 11.8 Å². The molecule has 1 unspecified atom stereocenters. The smallest absolute Gasteiger partial charge is 0.237 e. The van der Waals surface area contributed by atoms with Crippen molar-refractivity contribution in [1.29, 1.82) is 0 Å². The minimum Gasteiger partial charge on any atom is -0.338 e. The van der Waals surface area contributed by atoms with Crippen LogP contribution in [-0.2, 0) is 4.79 Å². The molecule has 0 spiro atoms. The molecule has 2 aromatic carbocycles. The van der Waals surface area contributed by atoms with Gasteiger partial charge < -0.3 is 10.3 Å². The lowest BCUT2D eigenvalue weighted by Gasteiger charge is -2.14. The van der Waals surface area contributed by atoms with Crippen LogP contribution in [0.1, 0.15) is 24.5 Å². The van der Waals surface area contributed by atoms with E-state index in [0.29, 0.717) is 17.2 Å². The molecular formula is C21H21N5OS. The van der Waals surface area contributed by atoms with Crippen molar-refractivity contribution in [3.63, 3.8) is 0 Å². The van der Waals surface area contributed by atoms with Crippen LogP contribution < -0.4 is 5.32 Å². The van der Waals surface area contributed by atoms with E-state index in [9.17, 15) is 4.79 Å². The van der Waals surface area contributed by atoms with Gasteiger partial charge in [0, 0.05) is 16.6 Å². The van der Waals surface area contributed by atoms with Crippen LogP contribution in [-0.4, -0.2) is 31.3 Å². The molecule has 6 nitrogen and oxygen atoms in total. The van der Waals surface area contributed by atoms with Gasteiger partial charge in [0.1, 0.15) is 5.52 Å². The summed E-state index contributed by atoms with van der Waals surface area (Å²) >= 11 is 1.33. The van der Waals surface area contributed by atoms with Crippen molar-refractivity contribution in [2.45, 2.75) is 37.6 Å². The zero-order chi connectivity index (χ0) is 19.7. The summed E-state index contributed by atoms with van der Waals surface area (Å²) in [7, 11) is 0. The van der Waals surface area contributed by atoms with E-state index >= 15 is 0 Å². The molecule has 0 saturated heterocycles. The van der Waals surface area contributed by atoms with Crippen LogP contribution in [0.5, 0.6) is 0 Å². The number of amides is 1. The number of hydrogen-bond acceptors (Lipinski definition) is 5. The van der Waals surface area contributed by atoms with E-state index in [-0.39, 0.29) is 11.2 Å². The van der Waals surface area contributed by atoms with Crippen molar-refractivity contribution >= 4 is 45.4 Å². The summed E-state index contributed by atoms with van der Waals surface area (Å²) in [5.41, 5.74) is 5.45. The quantitative estimate of drug-likeness (QED) is 0.485. The van der Waals surface area contributed by atoms with Gasteiger partial charge in [0.05, 0.1) is 5.25 Å². The molecule has 2 heterocycles. The molecule has 0 fully saturated rings. The van der Waals surface area contributed by atoms with Crippen LogP contribution in [0, 0.1) is 13.8 Å². The van der Waals surface area contributed by atoms with Crippen LogP contribution in [0.2, 0.25) is 0 Å². The van der Waals surface area contributed by atoms with Gasteiger partial charge in [-0.1, -0.05) is 43.0 Å². The Balaban J connectivity index is 1.55. The number of hydrogen-bond donors (Lipinski definition) is 2. The first-order valence-electron chi connectivity index (χ1n) is 9.20. The number of para-hydroxylation sites is 1. The molecule has 28 heavy (non-hydrogen) atoms. The predicted molar refractivity (Wildman–Crippen MR) is 114 cm³/mol. The van der Waals surface area contributed by atoms with Gasteiger partial charge in [-0.2, -0.15) is 0 Å². The number of carbonyl (C=O) groups is 1. The maximum atomic E-state index is 12.8. The zero-order valence-electron chi connectivity index (χ0n) is 16.0. The molecule has 1 amide bonds. The second kappa shape index (κ2) is 7.59. The first-order valence-corrected chi connectivity index (χ1v) is 10.1. The van der Waals surface area contributed by atoms with Gasteiger partial charge in [0.15, 0.2) is 5.65 Å². The lowest BCUT2D eigenvalue weighted by molar-refractivity contribution is -0.115. The molecule has 0 aliphatic rings. The predicted octanol–water partition coefficient (Wildman–Crippen LogP) is 4.63. The highest BCUT2D eigenvalue weighted by Crippen LogP contribution is 2.27. The third kappa shape index (κ3) is 3.71. The van der Waals surface area contributed by atoms with E-state index < -0.39 is 0 Å². The number of rotatable bonds is 5. The van der Waals surface area contributed by atoms with Gasteiger partial charge in [-0.25, -0.2) is 4.98 Å². The molecule has 0 radical (unpaired) electrons. The van der Waals surface area contributed by atoms with Gasteiger partial charge in [0.2, 0.25) is 11.1 Å². The van der Waals surface area contributed by atoms with Gasteiger partial charge in [0.25, 0.3) is 0 Å². The Hall–Kier alpha value is -2.93. The number of benzene rings is 2. The standard InChI is InChI=1S/C21H21N5OS/c1-4-17(20(27)22-14-10-12(2)9-13(3)11-14)28-21-24-19-18(25-26-21)15-7-5-6-8-16(15)23-19/h5-11,17H,4H2,1-3H3,(H,22,27)(H,23,24,26). The van der Waals surface area contributed by atoms with Gasteiger partial charge in [-0.15, -0.1) is 10.2 Å². The fourth-order valence-electron chi connectivity index (χ4n) is 3.27. The van der Waals surface area contributed by atoms with Crippen molar-refractivity contribution in [3.8, 4) is 0 Å². The van der Waals surface area contributed by atoms with Gasteiger partial charge in [-0.3, -0.25) is 4.79 Å². The average molecular weight is 392 g/mol. The maximum Gasteiger partial charge on any atom is 0.237 e. The fraction of sp³-hybridized carbons (Fsp3) is 0.238. The number of fused-ring (bicyclic) bond motifs is 3. The minimum atomic E-state index is -0.301.